The summed E-state index contributed by atoms with van der Waals surface area (Å²) in [4.78, 5) is 0. The van der Waals surface area contributed by atoms with Gasteiger partial charge in [-0.15, -0.1) is 0 Å². The van der Waals surface area contributed by atoms with Crippen molar-refractivity contribution in [1.29, 1.82) is 0 Å². The highest BCUT2D eigenvalue weighted by Crippen LogP contribution is 2.26. The minimum atomic E-state index is 0.484. The molecule has 1 aromatic rings. The number of hydrogen-bond donors (Lipinski definition) is 1. The van der Waals surface area contributed by atoms with Crippen LogP contribution in [0.3, 0.4) is 0 Å². The first kappa shape index (κ1) is 17.0. The summed E-state index contributed by atoms with van der Waals surface area (Å²) in [6.45, 7) is 7.76. The molecule has 0 saturated carbocycles. The molecule has 0 spiro atoms. The first-order valence-electron chi connectivity index (χ1n) is 8.10. The van der Waals surface area contributed by atoms with Crippen LogP contribution in [0.25, 0.3) is 0 Å². The minimum absolute atomic E-state index is 0.484. The van der Waals surface area contributed by atoms with Crippen molar-refractivity contribution in [1.82, 2.24) is 5.32 Å². The Balaban J connectivity index is 2.70. The van der Waals surface area contributed by atoms with Crippen LogP contribution >= 0.6 is 0 Å². The molecule has 2 nitrogen and oxygen atoms in total. The van der Waals surface area contributed by atoms with Gasteiger partial charge in [0.05, 0.1) is 7.11 Å². The van der Waals surface area contributed by atoms with Gasteiger partial charge in [0.15, 0.2) is 0 Å². The lowest BCUT2D eigenvalue weighted by Crippen LogP contribution is -2.23. The first-order chi connectivity index (χ1) is 9.72. The first-order valence-corrected chi connectivity index (χ1v) is 8.10. The number of hydrogen-bond acceptors (Lipinski definition) is 2. The summed E-state index contributed by atoms with van der Waals surface area (Å²) >= 11 is 0. The van der Waals surface area contributed by atoms with E-state index in [1.807, 2.05) is 0 Å². The number of unbranched alkanes of at least 4 members (excludes halogenated alkanes) is 3. The molecule has 0 aliphatic heterocycles. The summed E-state index contributed by atoms with van der Waals surface area (Å²) in [7, 11) is 1.73. The molecule has 1 unspecified atom stereocenters. The minimum Gasteiger partial charge on any atom is -0.497 e. The van der Waals surface area contributed by atoms with Gasteiger partial charge in [-0.25, -0.2) is 0 Å². The van der Waals surface area contributed by atoms with Gasteiger partial charge >= 0.3 is 0 Å². The third-order valence-corrected chi connectivity index (χ3v) is 3.84. The number of methoxy groups -OCH3 is 1. The van der Waals surface area contributed by atoms with E-state index in [4.69, 9.17) is 4.74 Å². The van der Waals surface area contributed by atoms with Crippen molar-refractivity contribution in [2.75, 3.05) is 13.7 Å². The predicted octanol–water partition coefficient (Wildman–Crippen LogP) is 5.01. The van der Waals surface area contributed by atoms with Crippen molar-refractivity contribution in [3.63, 3.8) is 0 Å². The van der Waals surface area contributed by atoms with E-state index in [9.17, 15) is 0 Å². The predicted molar refractivity (Wildman–Crippen MR) is 87.5 cm³/mol. The normalized spacial score (nSPS) is 12.4. The molecule has 0 aliphatic carbocycles. The van der Waals surface area contributed by atoms with Crippen LogP contribution in [0.1, 0.15) is 69.5 Å². The van der Waals surface area contributed by atoms with Crippen molar-refractivity contribution < 1.29 is 4.74 Å². The van der Waals surface area contributed by atoms with Crippen LogP contribution in [0, 0.1) is 6.92 Å². The molecule has 2 heteroatoms. The average Bonchev–Trinajstić information content (AvgIpc) is 2.47. The van der Waals surface area contributed by atoms with Gasteiger partial charge in [-0.2, -0.15) is 0 Å². The number of benzene rings is 1. The van der Waals surface area contributed by atoms with E-state index in [2.05, 4.69) is 44.3 Å². The maximum atomic E-state index is 5.30. The zero-order chi connectivity index (χ0) is 14.8. The third-order valence-electron chi connectivity index (χ3n) is 3.84. The largest absolute Gasteiger partial charge is 0.497 e. The van der Waals surface area contributed by atoms with Gasteiger partial charge in [-0.05, 0) is 49.6 Å². The number of ether oxygens (including phenoxy) is 1. The van der Waals surface area contributed by atoms with E-state index in [1.165, 1.54) is 49.7 Å². The molecule has 20 heavy (non-hydrogen) atoms. The van der Waals surface area contributed by atoms with Crippen molar-refractivity contribution in [3.05, 3.63) is 29.3 Å². The summed E-state index contributed by atoms with van der Waals surface area (Å²) in [6, 6.07) is 6.93. The van der Waals surface area contributed by atoms with E-state index in [0.29, 0.717) is 6.04 Å². The molecule has 114 valence electrons. The molecule has 1 atom stereocenters. The number of rotatable bonds is 10. The van der Waals surface area contributed by atoms with Gasteiger partial charge in [-0.1, -0.05) is 45.6 Å². The highest BCUT2D eigenvalue weighted by Gasteiger charge is 2.13. The zero-order valence-electron chi connectivity index (χ0n) is 13.7. The average molecular weight is 277 g/mol. The third kappa shape index (κ3) is 5.54. The Bertz CT molecular complexity index is 376. The summed E-state index contributed by atoms with van der Waals surface area (Å²) in [5.41, 5.74) is 2.75. The Morgan fingerprint density at radius 2 is 1.90 bits per heavy atom. The Kier molecular flexibility index (Phi) is 8.36. The van der Waals surface area contributed by atoms with E-state index < -0.39 is 0 Å². The zero-order valence-corrected chi connectivity index (χ0v) is 13.7. The summed E-state index contributed by atoms with van der Waals surface area (Å²) in [5, 5.41) is 3.70. The second kappa shape index (κ2) is 9.82. The molecular weight excluding hydrogens is 246 g/mol. The van der Waals surface area contributed by atoms with Crippen LogP contribution in [0.4, 0.5) is 0 Å². The maximum absolute atomic E-state index is 5.30. The lowest BCUT2D eigenvalue weighted by molar-refractivity contribution is 0.413. The second-order valence-corrected chi connectivity index (χ2v) is 5.58. The molecule has 0 saturated heterocycles. The van der Waals surface area contributed by atoms with Gasteiger partial charge in [0, 0.05) is 6.04 Å². The van der Waals surface area contributed by atoms with Crippen LogP contribution in [0.15, 0.2) is 18.2 Å². The lowest BCUT2D eigenvalue weighted by Gasteiger charge is -2.21. The summed E-state index contributed by atoms with van der Waals surface area (Å²) < 4.78 is 5.30. The fourth-order valence-corrected chi connectivity index (χ4v) is 2.63. The number of nitrogens with one attached hydrogen (secondary N) is 1. The van der Waals surface area contributed by atoms with Crippen LogP contribution in [-0.2, 0) is 0 Å². The Hall–Kier alpha value is -1.02. The molecule has 1 aromatic carbocycles. The van der Waals surface area contributed by atoms with Gasteiger partial charge in [0.1, 0.15) is 5.75 Å². The van der Waals surface area contributed by atoms with Crippen LogP contribution in [-0.4, -0.2) is 13.7 Å². The van der Waals surface area contributed by atoms with Gasteiger partial charge in [0.25, 0.3) is 0 Å². The molecule has 0 heterocycles. The number of aryl methyl sites for hydroxylation is 1. The SMILES string of the molecule is CCCCCCC(NCCC)c1ccc(OC)cc1C. The van der Waals surface area contributed by atoms with Crippen LogP contribution in [0.2, 0.25) is 0 Å². The van der Waals surface area contributed by atoms with Crippen LogP contribution in [0.5, 0.6) is 5.75 Å². The molecule has 0 aliphatic rings. The van der Waals surface area contributed by atoms with Crippen molar-refractivity contribution in [2.45, 2.75) is 65.3 Å². The molecule has 0 bridgehead atoms. The fourth-order valence-electron chi connectivity index (χ4n) is 2.63. The molecule has 1 rings (SSSR count). The molecule has 0 aromatic heterocycles. The highest BCUT2D eigenvalue weighted by molar-refractivity contribution is 5.36. The second-order valence-electron chi connectivity index (χ2n) is 5.58. The van der Waals surface area contributed by atoms with Gasteiger partial charge in [0.2, 0.25) is 0 Å². The molecule has 1 N–H and O–H groups in total. The Morgan fingerprint density at radius 3 is 2.50 bits per heavy atom. The maximum Gasteiger partial charge on any atom is 0.119 e. The van der Waals surface area contributed by atoms with Crippen molar-refractivity contribution >= 4 is 0 Å². The Labute approximate surface area is 124 Å². The van der Waals surface area contributed by atoms with E-state index >= 15 is 0 Å². The lowest BCUT2D eigenvalue weighted by atomic mass is 9.96. The van der Waals surface area contributed by atoms with E-state index in [-0.39, 0.29) is 0 Å². The van der Waals surface area contributed by atoms with Crippen LogP contribution < -0.4 is 10.1 Å². The fraction of sp³-hybridized carbons (Fsp3) is 0.667. The molecule has 0 fully saturated rings. The molecular formula is C18H31NO. The quantitative estimate of drug-likeness (QED) is 0.607. The topological polar surface area (TPSA) is 21.3 Å². The van der Waals surface area contributed by atoms with E-state index in [1.54, 1.807) is 7.11 Å². The monoisotopic (exact) mass is 277 g/mol. The van der Waals surface area contributed by atoms with Gasteiger partial charge < -0.3 is 10.1 Å². The van der Waals surface area contributed by atoms with E-state index in [0.717, 1.165) is 12.3 Å². The Morgan fingerprint density at radius 1 is 1.10 bits per heavy atom. The highest BCUT2D eigenvalue weighted by atomic mass is 16.5. The summed E-state index contributed by atoms with van der Waals surface area (Å²) in [5.74, 6) is 0.950. The van der Waals surface area contributed by atoms with Gasteiger partial charge in [-0.3, -0.25) is 0 Å². The summed E-state index contributed by atoms with van der Waals surface area (Å²) in [6.07, 6.45) is 7.71. The smallest absolute Gasteiger partial charge is 0.119 e. The van der Waals surface area contributed by atoms with Crippen molar-refractivity contribution in [3.8, 4) is 5.75 Å². The van der Waals surface area contributed by atoms with Crippen molar-refractivity contribution in [2.24, 2.45) is 0 Å². The molecule has 0 radical (unpaired) electrons. The molecule has 0 amide bonds. The standard InChI is InChI=1S/C18H31NO/c1-5-7-8-9-10-18(19-13-6-2)17-12-11-16(20-4)14-15(17)3/h11-12,14,18-19H,5-10,13H2,1-4H3.